The number of rotatable bonds is 9. The Balaban J connectivity index is 1.18. The standard InChI is InChI=1S/C66H46N2Si/c1-6-23-47(24-7-1)50-29-22-34-54(43-50)69(52-30-12-4-13-31-52,53-32-14-5-15-33-53)55-45-60(48-25-8-2-9-26-48)66(61(46-55)49-27-10-3-11-28-49)68-64-40-21-18-37-58(64)59-42-41-51(44-65(59)68)67-62-38-19-16-35-56(62)57-36-17-20-39-63(57)67/h1-46H. The Morgan fingerprint density at radius 3 is 1.13 bits per heavy atom. The molecule has 0 spiro atoms. The first kappa shape index (κ1) is 40.5. The van der Waals surface area contributed by atoms with E-state index in [1.54, 1.807) is 0 Å². The minimum atomic E-state index is -3.12. The first-order valence-electron chi connectivity index (χ1n) is 23.8. The Bertz CT molecular complexity index is 3830. The summed E-state index contributed by atoms with van der Waals surface area (Å²) >= 11 is 0. The molecule has 0 radical (unpaired) electrons. The second-order valence-corrected chi connectivity index (χ2v) is 21.8. The van der Waals surface area contributed by atoms with Gasteiger partial charge in [0.1, 0.15) is 0 Å². The largest absolute Gasteiger partial charge is 0.309 e. The molecular weight excluding hydrogens is 849 g/mol. The quantitative estimate of drug-likeness (QED) is 0.101. The molecule has 0 fully saturated rings. The Morgan fingerprint density at radius 1 is 0.232 bits per heavy atom. The van der Waals surface area contributed by atoms with E-state index in [1.165, 1.54) is 81.1 Å². The van der Waals surface area contributed by atoms with Crippen LogP contribution in [0.2, 0.25) is 0 Å². The van der Waals surface area contributed by atoms with Gasteiger partial charge in [-0.15, -0.1) is 0 Å². The predicted molar refractivity (Wildman–Crippen MR) is 295 cm³/mol. The zero-order valence-electron chi connectivity index (χ0n) is 38.0. The lowest BCUT2D eigenvalue weighted by Crippen LogP contribution is -2.74. The van der Waals surface area contributed by atoms with E-state index < -0.39 is 8.07 Å². The van der Waals surface area contributed by atoms with E-state index >= 15 is 0 Å². The van der Waals surface area contributed by atoms with E-state index in [0.717, 1.165) is 28.0 Å². The molecule has 0 aliphatic rings. The first-order valence-corrected chi connectivity index (χ1v) is 25.8. The molecule has 2 aromatic heterocycles. The van der Waals surface area contributed by atoms with Gasteiger partial charge in [-0.25, -0.2) is 0 Å². The molecule has 69 heavy (non-hydrogen) atoms. The molecule has 11 aromatic carbocycles. The van der Waals surface area contributed by atoms with Crippen LogP contribution in [0, 0.1) is 0 Å². The van der Waals surface area contributed by atoms with Crippen LogP contribution >= 0.6 is 0 Å². The van der Waals surface area contributed by atoms with Crippen molar-refractivity contribution in [1.29, 1.82) is 0 Å². The summed E-state index contributed by atoms with van der Waals surface area (Å²) in [5.74, 6) is 0. The van der Waals surface area contributed by atoms with Crippen LogP contribution in [0.5, 0.6) is 0 Å². The minimum Gasteiger partial charge on any atom is -0.309 e. The molecule has 0 saturated carbocycles. The molecule has 13 rings (SSSR count). The summed E-state index contributed by atoms with van der Waals surface area (Å²) in [6, 6.07) is 104. The number of para-hydroxylation sites is 3. The van der Waals surface area contributed by atoms with Crippen molar-refractivity contribution in [2.45, 2.75) is 0 Å². The first-order chi connectivity index (χ1) is 34.3. The van der Waals surface area contributed by atoms with Gasteiger partial charge in [-0.1, -0.05) is 249 Å². The van der Waals surface area contributed by atoms with Gasteiger partial charge < -0.3 is 9.13 Å². The Morgan fingerprint density at radius 2 is 0.623 bits per heavy atom. The lowest BCUT2D eigenvalue weighted by Gasteiger charge is -2.36. The predicted octanol–water partition coefficient (Wildman–Crippen LogP) is 14.3. The summed E-state index contributed by atoms with van der Waals surface area (Å²) in [5, 5.41) is 10.3. The van der Waals surface area contributed by atoms with Crippen LogP contribution in [0.1, 0.15) is 0 Å². The highest BCUT2D eigenvalue weighted by atomic mass is 28.3. The summed E-state index contributed by atoms with van der Waals surface area (Å²) in [6.07, 6.45) is 0. The number of hydrogen-bond acceptors (Lipinski definition) is 0. The van der Waals surface area contributed by atoms with Crippen molar-refractivity contribution in [1.82, 2.24) is 9.13 Å². The highest BCUT2D eigenvalue weighted by molar-refractivity contribution is 7.20. The van der Waals surface area contributed by atoms with Crippen molar-refractivity contribution in [2.75, 3.05) is 0 Å². The summed E-state index contributed by atoms with van der Waals surface area (Å²) in [7, 11) is -3.12. The fourth-order valence-corrected chi connectivity index (χ4v) is 16.1. The molecule has 0 aliphatic carbocycles. The van der Waals surface area contributed by atoms with Crippen molar-refractivity contribution < 1.29 is 0 Å². The van der Waals surface area contributed by atoms with Gasteiger partial charge in [0, 0.05) is 38.4 Å². The van der Waals surface area contributed by atoms with Crippen molar-refractivity contribution in [3.8, 4) is 44.8 Å². The molecular formula is C66H46N2Si. The number of hydrogen-bond donors (Lipinski definition) is 0. The van der Waals surface area contributed by atoms with Gasteiger partial charge in [0.05, 0.1) is 27.8 Å². The normalized spacial score (nSPS) is 11.8. The van der Waals surface area contributed by atoms with Crippen LogP contribution in [0.15, 0.2) is 279 Å². The third kappa shape index (κ3) is 6.62. The molecule has 0 aliphatic heterocycles. The van der Waals surface area contributed by atoms with Gasteiger partial charge in [-0.2, -0.15) is 0 Å². The van der Waals surface area contributed by atoms with E-state index in [4.69, 9.17) is 0 Å². The SMILES string of the molecule is c1ccc(-c2cccc([Si](c3ccccc3)(c3ccccc3)c3cc(-c4ccccc4)c(-n4c5ccccc5c5ccc(-n6c7ccccc7c7ccccc76)cc54)c(-c4ccccc4)c3)c2)cc1. The van der Waals surface area contributed by atoms with Crippen LogP contribution in [-0.4, -0.2) is 17.2 Å². The van der Waals surface area contributed by atoms with Gasteiger partial charge in [0.25, 0.3) is 0 Å². The molecule has 0 saturated heterocycles. The fraction of sp³-hybridized carbons (Fsp3) is 0. The lowest BCUT2D eigenvalue weighted by molar-refractivity contribution is 1.16. The fourth-order valence-electron chi connectivity index (χ4n) is 11.2. The van der Waals surface area contributed by atoms with E-state index in [-0.39, 0.29) is 0 Å². The van der Waals surface area contributed by atoms with Crippen LogP contribution < -0.4 is 20.7 Å². The molecule has 0 unspecified atom stereocenters. The topological polar surface area (TPSA) is 9.86 Å². The Kier molecular flexibility index (Phi) is 9.88. The highest BCUT2D eigenvalue weighted by Gasteiger charge is 2.43. The maximum atomic E-state index is 2.57. The Labute approximate surface area is 403 Å². The number of fused-ring (bicyclic) bond motifs is 6. The molecule has 2 heterocycles. The maximum Gasteiger partial charge on any atom is 0.179 e. The average molecular weight is 895 g/mol. The van der Waals surface area contributed by atoms with Crippen LogP contribution in [0.4, 0.5) is 0 Å². The summed E-state index contributed by atoms with van der Waals surface area (Å²) in [6.45, 7) is 0. The van der Waals surface area contributed by atoms with Crippen LogP contribution in [-0.2, 0) is 0 Å². The number of nitrogens with zero attached hydrogens (tertiary/aromatic N) is 2. The lowest BCUT2D eigenvalue weighted by atomic mass is 9.95. The third-order valence-electron chi connectivity index (χ3n) is 14.2. The smallest absolute Gasteiger partial charge is 0.179 e. The molecule has 3 heteroatoms. The molecule has 0 N–H and O–H groups in total. The zero-order valence-corrected chi connectivity index (χ0v) is 39.0. The van der Waals surface area contributed by atoms with Gasteiger partial charge in [0.2, 0.25) is 0 Å². The maximum absolute atomic E-state index is 3.12. The van der Waals surface area contributed by atoms with Crippen LogP contribution in [0.3, 0.4) is 0 Å². The van der Waals surface area contributed by atoms with Crippen LogP contribution in [0.25, 0.3) is 88.4 Å². The van der Waals surface area contributed by atoms with Crippen molar-refractivity contribution in [3.05, 3.63) is 279 Å². The molecule has 13 aromatic rings. The minimum absolute atomic E-state index is 1.13. The number of benzene rings is 11. The van der Waals surface area contributed by atoms with E-state index in [1.807, 2.05) is 0 Å². The zero-order chi connectivity index (χ0) is 45.7. The van der Waals surface area contributed by atoms with E-state index in [0.29, 0.717) is 0 Å². The molecule has 0 atom stereocenters. The second kappa shape index (κ2) is 16.8. The monoisotopic (exact) mass is 894 g/mol. The summed E-state index contributed by atoms with van der Waals surface area (Å²) in [4.78, 5) is 0. The van der Waals surface area contributed by atoms with Crippen molar-refractivity contribution in [3.63, 3.8) is 0 Å². The highest BCUT2D eigenvalue weighted by Crippen LogP contribution is 2.43. The average Bonchev–Trinajstić information content (AvgIpc) is 3.95. The van der Waals surface area contributed by atoms with Crippen molar-refractivity contribution >= 4 is 72.4 Å². The molecule has 324 valence electrons. The molecule has 0 amide bonds. The van der Waals surface area contributed by atoms with Crippen molar-refractivity contribution in [2.24, 2.45) is 0 Å². The van der Waals surface area contributed by atoms with E-state index in [9.17, 15) is 0 Å². The van der Waals surface area contributed by atoms with Gasteiger partial charge in [-0.3, -0.25) is 0 Å². The third-order valence-corrected chi connectivity index (χ3v) is 19.0. The van der Waals surface area contributed by atoms with Gasteiger partial charge >= 0.3 is 0 Å². The molecule has 0 bridgehead atoms. The second-order valence-electron chi connectivity index (χ2n) is 18.0. The Hall–Kier alpha value is -8.76. The molecule has 2 nitrogen and oxygen atoms in total. The summed E-state index contributed by atoms with van der Waals surface area (Å²) < 4.78 is 5.01. The van der Waals surface area contributed by atoms with Gasteiger partial charge in [-0.05, 0) is 73.3 Å². The van der Waals surface area contributed by atoms with E-state index in [2.05, 4.69) is 288 Å². The number of aromatic nitrogens is 2. The van der Waals surface area contributed by atoms with Gasteiger partial charge in [0.15, 0.2) is 8.07 Å². The summed E-state index contributed by atoms with van der Waals surface area (Å²) in [5.41, 5.74) is 14.1.